The maximum atomic E-state index is 15.6. The van der Waals surface area contributed by atoms with Gasteiger partial charge in [-0.1, -0.05) is 6.58 Å². The van der Waals surface area contributed by atoms with Crippen LogP contribution in [0, 0.1) is 11.7 Å². The number of carbonyl (C=O) groups is 1. The van der Waals surface area contributed by atoms with Crippen molar-refractivity contribution in [2.24, 2.45) is 5.92 Å². The number of hydrogen-bond acceptors (Lipinski definition) is 6. The molecule has 1 aliphatic carbocycles. The number of amides is 1. The predicted molar refractivity (Wildman–Crippen MR) is 162 cm³/mol. The highest BCUT2D eigenvalue weighted by atomic mass is 19.1. The maximum Gasteiger partial charge on any atom is 0.236 e. The molecular formula is C33H45FN4O3. The van der Waals surface area contributed by atoms with Crippen LogP contribution in [0.5, 0.6) is 11.5 Å². The zero-order valence-electron chi connectivity index (χ0n) is 25.3. The van der Waals surface area contributed by atoms with Gasteiger partial charge in [0.25, 0.3) is 0 Å². The highest BCUT2D eigenvalue weighted by molar-refractivity contribution is 5.78. The Morgan fingerprint density at radius 3 is 2.44 bits per heavy atom. The van der Waals surface area contributed by atoms with Crippen molar-refractivity contribution in [3.63, 3.8) is 0 Å². The normalized spacial score (nSPS) is 21.7. The quantitative estimate of drug-likeness (QED) is 0.424. The van der Waals surface area contributed by atoms with Crippen LogP contribution >= 0.6 is 0 Å². The third-order valence-corrected chi connectivity index (χ3v) is 8.97. The fourth-order valence-corrected chi connectivity index (χ4v) is 6.54. The summed E-state index contributed by atoms with van der Waals surface area (Å²) in [5.74, 6) is 1.97. The molecular weight excluding hydrogens is 519 g/mol. The number of hydrogen-bond donors (Lipinski definition) is 0. The van der Waals surface area contributed by atoms with Crippen LogP contribution in [0.2, 0.25) is 0 Å². The molecule has 2 aromatic rings. The molecule has 5 rings (SSSR count). The van der Waals surface area contributed by atoms with Gasteiger partial charge in [-0.15, -0.1) is 0 Å². The molecule has 2 fully saturated rings. The summed E-state index contributed by atoms with van der Waals surface area (Å²) in [7, 11) is 5.59. The maximum absolute atomic E-state index is 15.6. The minimum absolute atomic E-state index is 0.0243. The molecule has 7 nitrogen and oxygen atoms in total. The zero-order chi connectivity index (χ0) is 29.3. The number of methoxy groups -OCH3 is 1. The predicted octanol–water partition coefficient (Wildman–Crippen LogP) is 5.47. The fourth-order valence-electron chi connectivity index (χ4n) is 6.54. The lowest BCUT2D eigenvalue weighted by Gasteiger charge is -2.41. The number of ether oxygens (including phenoxy) is 2. The molecule has 0 bridgehead atoms. The van der Waals surface area contributed by atoms with Crippen LogP contribution in [0.15, 0.2) is 42.6 Å². The summed E-state index contributed by atoms with van der Waals surface area (Å²) in [6.07, 6.45) is 5.16. The van der Waals surface area contributed by atoms with E-state index in [1.165, 1.54) is 0 Å². The van der Waals surface area contributed by atoms with E-state index in [0.717, 1.165) is 67.8 Å². The van der Waals surface area contributed by atoms with Gasteiger partial charge in [-0.2, -0.15) is 0 Å². The van der Waals surface area contributed by atoms with Gasteiger partial charge in [-0.3, -0.25) is 9.69 Å². The molecule has 3 aliphatic rings. The lowest BCUT2D eigenvalue weighted by atomic mass is 9.84. The third kappa shape index (κ3) is 6.48. The Morgan fingerprint density at radius 2 is 1.78 bits per heavy atom. The van der Waals surface area contributed by atoms with Gasteiger partial charge >= 0.3 is 0 Å². The molecule has 41 heavy (non-hydrogen) atoms. The second-order valence-corrected chi connectivity index (χ2v) is 12.2. The Bertz CT molecular complexity index is 1270. The van der Waals surface area contributed by atoms with E-state index >= 15 is 4.39 Å². The highest BCUT2D eigenvalue weighted by Gasteiger charge is 2.31. The Morgan fingerprint density at radius 1 is 1.05 bits per heavy atom. The SMILES string of the molecule is C=C1Cc2cc(OC)c(OC(C)C)cc2CN1c1ccc(N(C)CC2CCC(N3CCN(C)C(=O)C3)CC2)cc1F. The molecule has 1 amide bonds. The van der Waals surface area contributed by atoms with E-state index in [1.807, 2.05) is 55.0 Å². The molecule has 1 saturated heterocycles. The summed E-state index contributed by atoms with van der Waals surface area (Å²) in [6.45, 7) is 12.0. The first kappa shape index (κ1) is 29.2. The summed E-state index contributed by atoms with van der Waals surface area (Å²) in [4.78, 5) is 20.5. The van der Waals surface area contributed by atoms with Crippen molar-refractivity contribution in [2.75, 3.05) is 57.2 Å². The summed E-state index contributed by atoms with van der Waals surface area (Å²) < 4.78 is 27.2. The minimum atomic E-state index is -0.241. The summed E-state index contributed by atoms with van der Waals surface area (Å²) in [5.41, 5.74) is 4.51. The number of carbonyl (C=O) groups excluding carboxylic acids is 1. The van der Waals surface area contributed by atoms with Crippen molar-refractivity contribution in [1.29, 1.82) is 0 Å². The average Bonchev–Trinajstić information content (AvgIpc) is 2.94. The number of rotatable bonds is 8. The first-order valence-electron chi connectivity index (χ1n) is 14.9. The van der Waals surface area contributed by atoms with Crippen molar-refractivity contribution in [1.82, 2.24) is 9.80 Å². The Kier molecular flexibility index (Phi) is 8.78. The molecule has 1 saturated carbocycles. The largest absolute Gasteiger partial charge is 0.493 e. The van der Waals surface area contributed by atoms with Crippen LogP contribution in [-0.4, -0.2) is 75.2 Å². The van der Waals surface area contributed by atoms with Gasteiger partial charge in [0.05, 0.1) is 25.4 Å². The number of likely N-dealkylation sites (N-methyl/N-ethyl adjacent to an activating group) is 1. The molecule has 0 atom stereocenters. The second-order valence-electron chi connectivity index (χ2n) is 12.2. The zero-order valence-corrected chi connectivity index (χ0v) is 25.3. The lowest BCUT2D eigenvalue weighted by molar-refractivity contribution is -0.135. The number of nitrogens with zero attached hydrogens (tertiary/aromatic N) is 4. The van der Waals surface area contributed by atoms with Crippen LogP contribution < -0.4 is 19.3 Å². The van der Waals surface area contributed by atoms with E-state index in [0.29, 0.717) is 48.7 Å². The number of piperazine rings is 1. The Hall–Kier alpha value is -3.26. The van der Waals surface area contributed by atoms with Crippen molar-refractivity contribution in [3.05, 3.63) is 59.6 Å². The number of anilines is 2. The van der Waals surface area contributed by atoms with Crippen LogP contribution in [0.1, 0.15) is 50.7 Å². The lowest BCUT2D eigenvalue weighted by Crippen LogP contribution is -2.53. The van der Waals surface area contributed by atoms with Gasteiger partial charge in [-0.25, -0.2) is 4.39 Å². The van der Waals surface area contributed by atoms with Crippen LogP contribution in [0.3, 0.4) is 0 Å². The molecule has 222 valence electrons. The van der Waals surface area contributed by atoms with Crippen LogP contribution in [0.4, 0.5) is 15.8 Å². The number of benzene rings is 2. The molecule has 0 unspecified atom stereocenters. The van der Waals surface area contributed by atoms with Crippen molar-refractivity contribution in [3.8, 4) is 11.5 Å². The summed E-state index contributed by atoms with van der Waals surface area (Å²) in [5, 5.41) is 0. The number of allylic oxidation sites excluding steroid dienone is 1. The topological polar surface area (TPSA) is 48.5 Å². The van der Waals surface area contributed by atoms with Crippen LogP contribution in [0.25, 0.3) is 0 Å². The van der Waals surface area contributed by atoms with Crippen molar-refractivity contribution >= 4 is 17.3 Å². The van der Waals surface area contributed by atoms with E-state index in [1.54, 1.807) is 13.2 Å². The van der Waals surface area contributed by atoms with Gasteiger partial charge in [0.15, 0.2) is 11.5 Å². The molecule has 0 aromatic heterocycles. The Labute approximate surface area is 244 Å². The fraction of sp³-hybridized carbons (Fsp3) is 0.545. The van der Waals surface area contributed by atoms with Gasteiger partial charge in [-0.05, 0) is 86.9 Å². The van der Waals surface area contributed by atoms with Gasteiger partial charge in [0.2, 0.25) is 5.91 Å². The van der Waals surface area contributed by atoms with Crippen molar-refractivity contribution < 1.29 is 18.7 Å². The summed E-state index contributed by atoms with van der Waals surface area (Å²) in [6, 6.07) is 10.1. The second kappa shape index (κ2) is 12.3. The molecule has 2 aromatic carbocycles. The molecule has 8 heteroatoms. The van der Waals surface area contributed by atoms with E-state index in [-0.39, 0.29) is 17.8 Å². The first-order valence-corrected chi connectivity index (χ1v) is 14.9. The van der Waals surface area contributed by atoms with E-state index in [4.69, 9.17) is 9.47 Å². The average molecular weight is 565 g/mol. The standard InChI is InChI=1S/C33H45FN4O3/c1-22(2)41-32-17-26-20-38(23(3)15-25(26)16-31(32)40-6)30-12-11-28(18-29(30)34)36(5)19-24-7-9-27(10-8-24)37-14-13-35(4)33(39)21-37/h11-12,16-18,22,24,27H,3,7-10,13-15,19-21H2,1-2,4-6H3. The van der Waals surface area contributed by atoms with E-state index in [2.05, 4.69) is 23.4 Å². The highest BCUT2D eigenvalue weighted by Crippen LogP contribution is 2.39. The van der Waals surface area contributed by atoms with E-state index < -0.39 is 0 Å². The molecule has 2 heterocycles. The Balaban J connectivity index is 1.21. The molecule has 0 spiro atoms. The van der Waals surface area contributed by atoms with E-state index in [9.17, 15) is 4.79 Å². The van der Waals surface area contributed by atoms with Gasteiger partial charge in [0, 0.05) is 64.1 Å². The molecule has 2 aliphatic heterocycles. The smallest absolute Gasteiger partial charge is 0.236 e. The summed E-state index contributed by atoms with van der Waals surface area (Å²) >= 11 is 0. The molecule has 0 radical (unpaired) electrons. The molecule has 0 N–H and O–H groups in total. The van der Waals surface area contributed by atoms with Gasteiger partial charge < -0.3 is 24.2 Å². The van der Waals surface area contributed by atoms with Crippen molar-refractivity contribution in [2.45, 2.75) is 64.6 Å². The van der Waals surface area contributed by atoms with Gasteiger partial charge in [0.1, 0.15) is 5.82 Å². The monoisotopic (exact) mass is 564 g/mol. The number of fused-ring (bicyclic) bond motifs is 1. The third-order valence-electron chi connectivity index (χ3n) is 8.97. The minimum Gasteiger partial charge on any atom is -0.493 e. The first-order chi connectivity index (χ1) is 19.6. The number of halogens is 1. The van der Waals surface area contributed by atoms with Crippen LogP contribution in [-0.2, 0) is 17.8 Å².